The van der Waals surface area contributed by atoms with E-state index in [0.29, 0.717) is 6.54 Å². The van der Waals surface area contributed by atoms with Crippen LogP contribution in [0.5, 0.6) is 0 Å². The van der Waals surface area contributed by atoms with Gasteiger partial charge in [0.1, 0.15) is 0 Å². The van der Waals surface area contributed by atoms with E-state index in [1.807, 2.05) is 18.5 Å². The number of nitrogens with zero attached hydrogens (tertiary/aromatic N) is 3. The molecule has 6 heteroatoms. The van der Waals surface area contributed by atoms with Crippen molar-refractivity contribution in [2.24, 2.45) is 5.73 Å². The molecule has 0 bridgehead atoms. The van der Waals surface area contributed by atoms with Crippen LogP contribution in [0.15, 0.2) is 17.8 Å². The lowest BCUT2D eigenvalue weighted by Gasteiger charge is -2.01. The van der Waals surface area contributed by atoms with Gasteiger partial charge in [-0.3, -0.25) is 9.50 Å². The Morgan fingerprint density at radius 3 is 3.24 bits per heavy atom. The minimum atomic E-state index is 0.486. The topological polar surface area (TPSA) is 72.0 Å². The van der Waals surface area contributed by atoms with Crippen molar-refractivity contribution in [2.45, 2.75) is 19.9 Å². The molecule has 0 aromatic carbocycles. The third-order valence-electron chi connectivity index (χ3n) is 2.93. The van der Waals surface area contributed by atoms with Crippen molar-refractivity contribution in [2.75, 3.05) is 0 Å². The fourth-order valence-electron chi connectivity index (χ4n) is 2.00. The molecule has 0 amide bonds. The molecule has 88 valence electrons. The molecule has 0 saturated heterocycles. The van der Waals surface area contributed by atoms with Gasteiger partial charge >= 0.3 is 0 Å². The van der Waals surface area contributed by atoms with E-state index in [4.69, 9.17) is 5.73 Å². The van der Waals surface area contributed by atoms with E-state index >= 15 is 0 Å². The lowest BCUT2D eigenvalue weighted by Crippen LogP contribution is -2.02. The largest absolute Gasteiger partial charge is 0.325 e. The summed E-state index contributed by atoms with van der Waals surface area (Å²) in [6.45, 7) is 2.53. The highest BCUT2D eigenvalue weighted by molar-refractivity contribution is 7.15. The van der Waals surface area contributed by atoms with Crippen LogP contribution in [-0.4, -0.2) is 19.6 Å². The number of hydrogen-bond donors (Lipinski definition) is 2. The molecule has 0 saturated carbocycles. The average molecular weight is 247 g/mol. The normalized spacial score (nSPS) is 11.4. The highest BCUT2D eigenvalue weighted by Crippen LogP contribution is 2.20. The molecular formula is C11H13N5S. The molecule has 5 nitrogen and oxygen atoms in total. The van der Waals surface area contributed by atoms with E-state index in [9.17, 15) is 0 Å². The molecule has 3 heterocycles. The molecular weight excluding hydrogens is 234 g/mol. The predicted octanol–water partition coefficient (Wildman–Crippen LogP) is 1.48. The maximum Gasteiger partial charge on any atom is 0.194 e. The van der Waals surface area contributed by atoms with Crippen LogP contribution in [0.2, 0.25) is 0 Å². The number of aryl methyl sites for hydroxylation is 1. The molecule has 0 radical (unpaired) electrons. The fourth-order valence-corrected chi connectivity index (χ4v) is 2.78. The van der Waals surface area contributed by atoms with Crippen molar-refractivity contribution in [1.82, 2.24) is 19.6 Å². The number of nitrogens with one attached hydrogen (secondary N) is 1. The van der Waals surface area contributed by atoms with Crippen molar-refractivity contribution in [3.63, 3.8) is 0 Å². The van der Waals surface area contributed by atoms with E-state index < -0.39 is 0 Å². The first-order valence-corrected chi connectivity index (χ1v) is 6.29. The van der Waals surface area contributed by atoms with E-state index in [1.54, 1.807) is 11.3 Å². The monoisotopic (exact) mass is 247 g/mol. The number of fused-ring (bicyclic) bond motifs is 1. The molecule has 0 aliphatic heterocycles. The van der Waals surface area contributed by atoms with Gasteiger partial charge in [0.05, 0.1) is 23.3 Å². The van der Waals surface area contributed by atoms with E-state index in [-0.39, 0.29) is 0 Å². The predicted molar refractivity (Wildman–Crippen MR) is 67.1 cm³/mol. The Hall–Kier alpha value is -1.66. The van der Waals surface area contributed by atoms with Gasteiger partial charge in [-0.05, 0) is 6.92 Å². The standard InChI is InChI=1S/C11H13N5S/c1-7-10(16-2-3-17-11(16)14-7)4-8-6-13-15-9(8)5-12/h2-3,6H,4-5,12H2,1H3,(H,13,15). The molecule has 3 aromatic heterocycles. The van der Waals surface area contributed by atoms with Crippen LogP contribution in [0, 0.1) is 6.92 Å². The molecule has 0 unspecified atom stereocenters. The number of imidazole rings is 1. The summed E-state index contributed by atoms with van der Waals surface area (Å²) >= 11 is 1.65. The number of aromatic nitrogens is 4. The summed E-state index contributed by atoms with van der Waals surface area (Å²) in [5.41, 5.74) is 10.1. The Labute approximate surface area is 102 Å². The fraction of sp³-hybridized carbons (Fsp3) is 0.273. The highest BCUT2D eigenvalue weighted by atomic mass is 32.1. The molecule has 3 rings (SSSR count). The van der Waals surface area contributed by atoms with Gasteiger partial charge in [-0.1, -0.05) is 0 Å². The summed E-state index contributed by atoms with van der Waals surface area (Å²) < 4.78 is 2.13. The van der Waals surface area contributed by atoms with Gasteiger partial charge in [-0.25, -0.2) is 4.98 Å². The summed E-state index contributed by atoms with van der Waals surface area (Å²) in [5.74, 6) is 0. The van der Waals surface area contributed by atoms with Crippen LogP contribution < -0.4 is 5.73 Å². The van der Waals surface area contributed by atoms with Gasteiger partial charge in [0.2, 0.25) is 0 Å². The second kappa shape index (κ2) is 3.97. The summed E-state index contributed by atoms with van der Waals surface area (Å²) in [7, 11) is 0. The quantitative estimate of drug-likeness (QED) is 0.736. The number of thiazole rings is 1. The molecule has 0 atom stereocenters. The van der Waals surface area contributed by atoms with Gasteiger partial charge in [-0.15, -0.1) is 11.3 Å². The van der Waals surface area contributed by atoms with Gasteiger partial charge in [0.25, 0.3) is 0 Å². The average Bonchev–Trinajstić information content (AvgIpc) is 2.98. The zero-order chi connectivity index (χ0) is 11.8. The highest BCUT2D eigenvalue weighted by Gasteiger charge is 2.12. The Balaban J connectivity index is 2.04. The third-order valence-corrected chi connectivity index (χ3v) is 3.69. The summed E-state index contributed by atoms with van der Waals surface area (Å²) in [6, 6.07) is 0. The zero-order valence-corrected chi connectivity index (χ0v) is 10.3. The van der Waals surface area contributed by atoms with Crippen LogP contribution in [0.4, 0.5) is 0 Å². The first kappa shape index (κ1) is 10.5. The van der Waals surface area contributed by atoms with Crippen molar-refractivity contribution in [3.05, 3.63) is 40.4 Å². The van der Waals surface area contributed by atoms with Gasteiger partial charge < -0.3 is 5.73 Å². The molecule has 17 heavy (non-hydrogen) atoms. The summed E-state index contributed by atoms with van der Waals surface area (Å²) in [4.78, 5) is 5.57. The SMILES string of the molecule is Cc1nc2sccn2c1Cc1cn[nH]c1CN. The summed E-state index contributed by atoms with van der Waals surface area (Å²) in [6.07, 6.45) is 4.71. The molecule has 0 spiro atoms. The van der Waals surface area contributed by atoms with Crippen molar-refractivity contribution >= 4 is 16.3 Å². The van der Waals surface area contributed by atoms with Crippen molar-refractivity contribution < 1.29 is 0 Å². The number of rotatable bonds is 3. The Morgan fingerprint density at radius 1 is 1.53 bits per heavy atom. The molecule has 0 aliphatic carbocycles. The number of aromatic amines is 1. The number of nitrogens with two attached hydrogens (primary N) is 1. The van der Waals surface area contributed by atoms with Crippen LogP contribution >= 0.6 is 11.3 Å². The number of hydrogen-bond acceptors (Lipinski definition) is 4. The molecule has 0 aliphatic rings. The molecule has 3 N–H and O–H groups in total. The Morgan fingerprint density at radius 2 is 2.41 bits per heavy atom. The van der Waals surface area contributed by atoms with Crippen LogP contribution in [0.1, 0.15) is 22.6 Å². The van der Waals surface area contributed by atoms with E-state index in [2.05, 4.69) is 25.8 Å². The lowest BCUT2D eigenvalue weighted by molar-refractivity contribution is 0.923. The second-order valence-corrected chi connectivity index (χ2v) is 4.83. The lowest BCUT2D eigenvalue weighted by atomic mass is 10.1. The Bertz CT molecular complexity index is 648. The van der Waals surface area contributed by atoms with Crippen molar-refractivity contribution in [1.29, 1.82) is 0 Å². The van der Waals surface area contributed by atoms with E-state index in [1.165, 1.54) is 5.69 Å². The first-order chi connectivity index (χ1) is 8.29. The van der Waals surface area contributed by atoms with Crippen LogP contribution in [-0.2, 0) is 13.0 Å². The second-order valence-electron chi connectivity index (χ2n) is 3.95. The van der Waals surface area contributed by atoms with Crippen LogP contribution in [0.25, 0.3) is 4.96 Å². The minimum absolute atomic E-state index is 0.486. The van der Waals surface area contributed by atoms with Gasteiger partial charge in [0.15, 0.2) is 4.96 Å². The zero-order valence-electron chi connectivity index (χ0n) is 9.47. The van der Waals surface area contributed by atoms with Crippen LogP contribution in [0.3, 0.4) is 0 Å². The maximum absolute atomic E-state index is 5.66. The van der Waals surface area contributed by atoms with Crippen molar-refractivity contribution in [3.8, 4) is 0 Å². The summed E-state index contributed by atoms with van der Waals surface area (Å²) in [5, 5.41) is 9.01. The van der Waals surface area contributed by atoms with Gasteiger partial charge in [-0.2, -0.15) is 5.10 Å². The minimum Gasteiger partial charge on any atom is -0.325 e. The third kappa shape index (κ3) is 1.65. The van der Waals surface area contributed by atoms with Gasteiger partial charge in [0, 0.05) is 30.1 Å². The Kier molecular flexibility index (Phi) is 2.45. The molecule has 0 fully saturated rings. The van der Waals surface area contributed by atoms with E-state index in [0.717, 1.165) is 28.3 Å². The molecule has 3 aromatic rings. The first-order valence-electron chi connectivity index (χ1n) is 5.42. The number of H-pyrrole nitrogens is 1. The maximum atomic E-state index is 5.66. The smallest absolute Gasteiger partial charge is 0.194 e.